The predicted molar refractivity (Wildman–Crippen MR) is 82.6 cm³/mol. The van der Waals surface area contributed by atoms with Gasteiger partial charge in [0.25, 0.3) is 0 Å². The van der Waals surface area contributed by atoms with Crippen LogP contribution in [0.3, 0.4) is 0 Å². The third-order valence-electron chi connectivity index (χ3n) is 3.04. The number of carbonyl (C=O) groups excluding carboxylic acids is 2. The van der Waals surface area contributed by atoms with E-state index in [2.05, 4.69) is 0 Å². The summed E-state index contributed by atoms with van der Waals surface area (Å²) >= 11 is 1.43. The van der Waals surface area contributed by atoms with Crippen molar-refractivity contribution >= 4 is 35.4 Å². The largest absolute Gasteiger partial charge is 0.493 e. The highest BCUT2D eigenvalue weighted by Crippen LogP contribution is 2.29. The average molecular weight is 332 g/mol. The second-order valence-electron chi connectivity index (χ2n) is 4.52. The Bertz CT molecular complexity index is 729. The monoisotopic (exact) mass is 332 g/mol. The molecule has 0 N–H and O–H groups in total. The van der Waals surface area contributed by atoms with Gasteiger partial charge in [-0.3, -0.25) is 0 Å². The minimum Gasteiger partial charge on any atom is -0.493 e. The summed E-state index contributed by atoms with van der Waals surface area (Å²) in [5.74, 6) is 0.585. The van der Waals surface area contributed by atoms with Crippen molar-refractivity contribution in [3.8, 4) is 0 Å². The first-order valence-electron chi connectivity index (χ1n) is 6.58. The Labute approximate surface area is 135 Å². The van der Waals surface area contributed by atoms with Crippen molar-refractivity contribution in [2.75, 3.05) is 14.2 Å². The summed E-state index contributed by atoms with van der Waals surface area (Å²) in [5.41, 5.74) is 0. The number of ether oxygens (including phenoxy) is 4. The van der Waals surface area contributed by atoms with Gasteiger partial charge >= 0.3 is 11.9 Å². The van der Waals surface area contributed by atoms with Crippen LogP contribution in [-0.2, 0) is 28.5 Å². The van der Waals surface area contributed by atoms with Crippen LogP contribution in [0.1, 0.15) is 9.75 Å². The van der Waals surface area contributed by atoms with Crippen LogP contribution in [0.4, 0.5) is 0 Å². The Morgan fingerprint density at radius 1 is 0.870 bits per heavy atom. The minimum absolute atomic E-state index is 0.364. The Hall–Kier alpha value is -2.80. The molecule has 0 saturated heterocycles. The molecule has 0 bridgehead atoms. The van der Waals surface area contributed by atoms with Crippen LogP contribution in [-0.4, -0.2) is 26.2 Å². The molecule has 0 radical (unpaired) electrons. The van der Waals surface area contributed by atoms with E-state index in [0.717, 1.165) is 9.75 Å². The van der Waals surface area contributed by atoms with E-state index in [1.54, 1.807) is 12.2 Å². The van der Waals surface area contributed by atoms with Crippen molar-refractivity contribution in [1.29, 1.82) is 0 Å². The lowest BCUT2D eigenvalue weighted by Crippen LogP contribution is -1.91. The van der Waals surface area contributed by atoms with Gasteiger partial charge in [-0.15, -0.1) is 11.3 Å². The van der Waals surface area contributed by atoms with Crippen LogP contribution in [0.2, 0.25) is 0 Å². The normalized spacial score (nSPS) is 20.4. The summed E-state index contributed by atoms with van der Waals surface area (Å²) < 4.78 is 20.3. The third-order valence-corrected chi connectivity index (χ3v) is 4.02. The molecule has 0 aromatic carbocycles. The highest BCUT2D eigenvalue weighted by Gasteiger charge is 2.22. The SMILES string of the molecule is COC1=CC(=O)O/C1=C\c1ccc(/C=C2/OC(=O)C=C2OC)s1. The second kappa shape index (κ2) is 6.13. The number of methoxy groups -OCH3 is 2. The van der Waals surface area contributed by atoms with Crippen LogP contribution in [0.25, 0.3) is 12.2 Å². The van der Waals surface area contributed by atoms with Gasteiger partial charge in [0.1, 0.15) is 0 Å². The topological polar surface area (TPSA) is 71.1 Å². The highest BCUT2D eigenvalue weighted by molar-refractivity contribution is 7.13. The van der Waals surface area contributed by atoms with Crippen LogP contribution in [0.15, 0.2) is 47.3 Å². The molecule has 1 aromatic rings. The van der Waals surface area contributed by atoms with E-state index >= 15 is 0 Å². The smallest absolute Gasteiger partial charge is 0.340 e. The summed E-state index contributed by atoms with van der Waals surface area (Å²) in [6.07, 6.45) is 5.99. The molecule has 1 aromatic heterocycles. The van der Waals surface area contributed by atoms with E-state index in [9.17, 15) is 9.59 Å². The Balaban J connectivity index is 1.82. The lowest BCUT2D eigenvalue weighted by Gasteiger charge is -2.01. The molecule has 0 atom stereocenters. The fourth-order valence-corrected chi connectivity index (χ4v) is 2.91. The fourth-order valence-electron chi connectivity index (χ4n) is 2.03. The fraction of sp³-hybridized carbons (Fsp3) is 0.125. The molecule has 118 valence electrons. The summed E-state index contributed by atoms with van der Waals surface area (Å²) in [7, 11) is 2.94. The van der Waals surface area contributed by atoms with E-state index in [1.165, 1.54) is 37.7 Å². The van der Waals surface area contributed by atoms with E-state index in [4.69, 9.17) is 18.9 Å². The predicted octanol–water partition coefficient (Wildman–Crippen LogP) is 2.60. The second-order valence-corrected chi connectivity index (χ2v) is 5.67. The number of hydrogen-bond donors (Lipinski definition) is 0. The molecule has 0 unspecified atom stereocenters. The lowest BCUT2D eigenvalue weighted by molar-refractivity contribution is -0.133. The summed E-state index contributed by atoms with van der Waals surface area (Å²) in [6.45, 7) is 0. The molecule has 0 aliphatic carbocycles. The van der Waals surface area contributed by atoms with Crippen molar-refractivity contribution in [3.05, 3.63) is 57.1 Å². The quantitative estimate of drug-likeness (QED) is 0.789. The van der Waals surface area contributed by atoms with Gasteiger partial charge < -0.3 is 18.9 Å². The molecule has 3 rings (SSSR count). The summed E-state index contributed by atoms with van der Waals surface area (Å²) in [4.78, 5) is 24.2. The standard InChI is InChI=1S/C16H12O6S/c1-19-11-7-15(17)21-13(11)5-9-3-4-10(23-9)6-14-12(20-2)8-16(18)22-14/h3-8H,1-2H3/b13-5-,14-6+. The molecule has 0 amide bonds. The van der Waals surface area contributed by atoms with Gasteiger partial charge in [-0.1, -0.05) is 0 Å². The van der Waals surface area contributed by atoms with E-state index in [0.29, 0.717) is 23.0 Å². The van der Waals surface area contributed by atoms with Gasteiger partial charge in [0.2, 0.25) is 0 Å². The molecule has 0 fully saturated rings. The van der Waals surface area contributed by atoms with E-state index in [-0.39, 0.29) is 0 Å². The number of carbonyl (C=O) groups is 2. The van der Waals surface area contributed by atoms with Gasteiger partial charge in [0.05, 0.1) is 26.4 Å². The highest BCUT2D eigenvalue weighted by atomic mass is 32.1. The van der Waals surface area contributed by atoms with Crippen molar-refractivity contribution in [2.45, 2.75) is 0 Å². The molecule has 6 nitrogen and oxygen atoms in total. The summed E-state index contributed by atoms with van der Waals surface area (Å²) in [5, 5.41) is 0. The van der Waals surface area contributed by atoms with Gasteiger partial charge in [0.15, 0.2) is 23.0 Å². The average Bonchev–Trinajstić information content (AvgIpc) is 3.19. The van der Waals surface area contributed by atoms with Crippen LogP contribution in [0.5, 0.6) is 0 Å². The van der Waals surface area contributed by atoms with Crippen molar-refractivity contribution in [2.24, 2.45) is 0 Å². The van der Waals surface area contributed by atoms with Gasteiger partial charge in [-0.05, 0) is 12.1 Å². The molecule has 2 aliphatic rings. The first-order chi connectivity index (χ1) is 11.1. The van der Waals surface area contributed by atoms with Crippen LogP contribution in [0, 0.1) is 0 Å². The molecule has 7 heteroatoms. The number of thiophene rings is 1. The first kappa shape index (κ1) is 15.1. The number of cyclic esters (lactones) is 2. The Kier molecular flexibility index (Phi) is 4.03. The Morgan fingerprint density at radius 3 is 1.70 bits per heavy atom. The number of rotatable bonds is 4. The molecule has 2 aliphatic heterocycles. The third kappa shape index (κ3) is 3.19. The molecular weight excluding hydrogens is 320 g/mol. The first-order valence-corrected chi connectivity index (χ1v) is 7.39. The molecule has 23 heavy (non-hydrogen) atoms. The number of hydrogen-bond acceptors (Lipinski definition) is 7. The molecular formula is C16H12O6S. The zero-order valence-electron chi connectivity index (χ0n) is 12.3. The minimum atomic E-state index is -0.459. The van der Waals surface area contributed by atoms with Gasteiger partial charge in [-0.25, -0.2) is 9.59 Å². The van der Waals surface area contributed by atoms with Gasteiger partial charge in [0, 0.05) is 21.9 Å². The molecule has 0 saturated carbocycles. The lowest BCUT2D eigenvalue weighted by atomic mass is 10.3. The summed E-state index contributed by atoms with van der Waals surface area (Å²) in [6, 6.07) is 3.72. The van der Waals surface area contributed by atoms with Crippen molar-refractivity contribution in [3.63, 3.8) is 0 Å². The zero-order chi connectivity index (χ0) is 16.4. The van der Waals surface area contributed by atoms with Crippen LogP contribution < -0.4 is 0 Å². The Morgan fingerprint density at radius 2 is 1.30 bits per heavy atom. The zero-order valence-corrected chi connectivity index (χ0v) is 13.1. The van der Waals surface area contributed by atoms with E-state index in [1.807, 2.05) is 12.1 Å². The van der Waals surface area contributed by atoms with E-state index < -0.39 is 11.9 Å². The van der Waals surface area contributed by atoms with Crippen molar-refractivity contribution < 1.29 is 28.5 Å². The van der Waals surface area contributed by atoms with Crippen molar-refractivity contribution in [1.82, 2.24) is 0 Å². The van der Waals surface area contributed by atoms with Crippen LogP contribution >= 0.6 is 11.3 Å². The maximum atomic E-state index is 11.3. The molecule has 3 heterocycles. The van der Waals surface area contributed by atoms with Gasteiger partial charge in [-0.2, -0.15) is 0 Å². The molecule has 0 spiro atoms. The maximum absolute atomic E-state index is 11.3. The maximum Gasteiger partial charge on any atom is 0.340 e. The number of esters is 2.